The number of carbonyl (C=O) groups is 4. The normalized spacial score (nSPS) is 20.9. The van der Waals surface area contributed by atoms with E-state index in [0.29, 0.717) is 0 Å². The van der Waals surface area contributed by atoms with Crippen LogP contribution in [0.15, 0.2) is 30.3 Å². The highest BCUT2D eigenvalue weighted by atomic mass is 16.5. The van der Waals surface area contributed by atoms with E-state index in [1.165, 1.54) is 14.0 Å². The zero-order valence-corrected chi connectivity index (χ0v) is 12.9. The highest BCUT2D eigenvalue weighted by Gasteiger charge is 2.43. The van der Waals surface area contributed by atoms with Crippen molar-refractivity contribution in [2.45, 2.75) is 31.8 Å². The molecule has 0 aromatic heterocycles. The van der Waals surface area contributed by atoms with Crippen LogP contribution in [0, 0.1) is 0 Å². The van der Waals surface area contributed by atoms with E-state index in [1.54, 1.807) is 0 Å². The Balaban J connectivity index is 2.21. The topological polar surface area (TPSA) is 92.8 Å². The van der Waals surface area contributed by atoms with Crippen molar-refractivity contribution in [1.29, 1.82) is 0 Å². The molecule has 0 spiro atoms. The monoisotopic (exact) mass is 318 g/mol. The highest BCUT2D eigenvalue weighted by Crippen LogP contribution is 2.17. The van der Waals surface area contributed by atoms with Crippen LogP contribution in [-0.2, 0) is 30.3 Å². The van der Waals surface area contributed by atoms with Crippen molar-refractivity contribution in [3.05, 3.63) is 35.9 Å². The second kappa shape index (κ2) is 7.04. The fourth-order valence-electron chi connectivity index (χ4n) is 2.56. The number of hydrogen-bond acceptors (Lipinski definition) is 5. The molecule has 2 rings (SSSR count). The Hall–Kier alpha value is -2.70. The number of ether oxygens (including phenoxy) is 1. The zero-order valence-electron chi connectivity index (χ0n) is 12.9. The van der Waals surface area contributed by atoms with Crippen molar-refractivity contribution in [2.24, 2.45) is 0 Å². The van der Waals surface area contributed by atoms with Gasteiger partial charge in [-0.15, -0.1) is 0 Å². The smallest absolute Gasteiger partial charge is 0.308 e. The van der Waals surface area contributed by atoms with Crippen molar-refractivity contribution < 1.29 is 23.9 Å². The molecule has 0 bridgehead atoms. The van der Waals surface area contributed by atoms with Gasteiger partial charge in [-0.2, -0.15) is 0 Å². The fraction of sp³-hybridized carbons (Fsp3) is 0.375. The second-order valence-electron chi connectivity index (χ2n) is 5.27. The molecule has 23 heavy (non-hydrogen) atoms. The van der Waals surface area contributed by atoms with E-state index >= 15 is 0 Å². The number of hydrogen-bond donors (Lipinski definition) is 1. The Morgan fingerprint density at radius 2 is 1.87 bits per heavy atom. The van der Waals surface area contributed by atoms with Gasteiger partial charge in [-0.25, -0.2) is 0 Å². The Morgan fingerprint density at radius 3 is 2.43 bits per heavy atom. The molecule has 0 radical (unpaired) electrons. The summed E-state index contributed by atoms with van der Waals surface area (Å²) in [7, 11) is 1.18. The standard InChI is InChI=1S/C16H18N2O5/c1-10(19)18-13(9-14(20)23-2)15(21)17-12(16(18)22)8-11-6-4-3-5-7-11/h3-7,12-13H,8-9H2,1-2H3,(H,17,21). The van der Waals surface area contributed by atoms with Gasteiger partial charge in [0.15, 0.2) is 0 Å². The number of nitrogens with one attached hydrogen (secondary N) is 1. The van der Waals surface area contributed by atoms with E-state index in [-0.39, 0.29) is 12.8 Å². The average Bonchev–Trinajstić information content (AvgIpc) is 2.52. The van der Waals surface area contributed by atoms with Gasteiger partial charge in [-0.3, -0.25) is 24.1 Å². The van der Waals surface area contributed by atoms with E-state index < -0.39 is 35.8 Å². The molecule has 7 nitrogen and oxygen atoms in total. The van der Waals surface area contributed by atoms with Gasteiger partial charge in [0.05, 0.1) is 13.5 Å². The maximum absolute atomic E-state index is 12.5. The predicted octanol–water partition coefficient (Wildman–Crippen LogP) is 0.0343. The van der Waals surface area contributed by atoms with Crippen molar-refractivity contribution in [3.8, 4) is 0 Å². The number of benzene rings is 1. The summed E-state index contributed by atoms with van der Waals surface area (Å²) in [5, 5.41) is 2.59. The van der Waals surface area contributed by atoms with Gasteiger partial charge in [0.2, 0.25) is 11.8 Å². The van der Waals surface area contributed by atoms with Crippen LogP contribution in [0.3, 0.4) is 0 Å². The van der Waals surface area contributed by atoms with Crippen LogP contribution >= 0.6 is 0 Å². The number of imide groups is 1. The number of rotatable bonds is 4. The Kier molecular flexibility index (Phi) is 5.10. The van der Waals surface area contributed by atoms with Gasteiger partial charge < -0.3 is 10.1 Å². The SMILES string of the molecule is COC(=O)CC1C(=O)NC(Cc2ccccc2)C(=O)N1C(C)=O. The molecule has 1 aromatic carbocycles. The number of piperazine rings is 1. The van der Waals surface area contributed by atoms with Crippen LogP contribution in [-0.4, -0.2) is 47.8 Å². The van der Waals surface area contributed by atoms with E-state index in [1.807, 2.05) is 30.3 Å². The van der Waals surface area contributed by atoms with Crippen molar-refractivity contribution in [2.75, 3.05) is 7.11 Å². The number of methoxy groups -OCH3 is 1. The fourth-order valence-corrected chi connectivity index (χ4v) is 2.56. The molecule has 1 N–H and O–H groups in total. The van der Waals surface area contributed by atoms with Gasteiger partial charge in [-0.1, -0.05) is 30.3 Å². The quantitative estimate of drug-likeness (QED) is 0.791. The summed E-state index contributed by atoms with van der Waals surface area (Å²) in [5.74, 6) is -2.29. The van der Waals surface area contributed by atoms with Gasteiger partial charge in [0.1, 0.15) is 12.1 Å². The maximum Gasteiger partial charge on any atom is 0.308 e. The summed E-state index contributed by atoms with van der Waals surface area (Å²) in [6.45, 7) is 1.19. The first kappa shape index (κ1) is 16.7. The molecular weight excluding hydrogens is 300 g/mol. The highest BCUT2D eigenvalue weighted by molar-refractivity contribution is 6.07. The minimum absolute atomic E-state index is 0.278. The summed E-state index contributed by atoms with van der Waals surface area (Å²) in [5.41, 5.74) is 0.862. The predicted molar refractivity (Wildman–Crippen MR) is 80.0 cm³/mol. The van der Waals surface area contributed by atoms with E-state index in [4.69, 9.17) is 0 Å². The lowest BCUT2D eigenvalue weighted by molar-refractivity contribution is -0.160. The third kappa shape index (κ3) is 3.74. The summed E-state index contributed by atoms with van der Waals surface area (Å²) in [4.78, 5) is 48.9. The van der Waals surface area contributed by atoms with Gasteiger partial charge in [-0.05, 0) is 5.56 Å². The molecule has 1 aliphatic rings. The van der Waals surface area contributed by atoms with Crippen LogP contribution in [0.5, 0.6) is 0 Å². The van der Waals surface area contributed by atoms with Crippen molar-refractivity contribution >= 4 is 23.7 Å². The van der Waals surface area contributed by atoms with E-state index in [9.17, 15) is 19.2 Å². The summed E-state index contributed by atoms with van der Waals surface area (Å²) < 4.78 is 4.52. The molecule has 0 aliphatic carbocycles. The Bertz CT molecular complexity index is 629. The van der Waals surface area contributed by atoms with Crippen LogP contribution < -0.4 is 5.32 Å². The van der Waals surface area contributed by atoms with Gasteiger partial charge in [0, 0.05) is 13.3 Å². The largest absolute Gasteiger partial charge is 0.469 e. The molecule has 0 saturated carbocycles. The number of esters is 1. The Labute approximate surface area is 133 Å². The van der Waals surface area contributed by atoms with Gasteiger partial charge >= 0.3 is 5.97 Å². The molecule has 1 fully saturated rings. The second-order valence-corrected chi connectivity index (χ2v) is 5.27. The lowest BCUT2D eigenvalue weighted by Crippen LogP contribution is -2.65. The molecule has 3 amide bonds. The molecule has 122 valence electrons. The molecule has 1 aliphatic heterocycles. The molecule has 1 saturated heterocycles. The number of amides is 3. The lowest BCUT2D eigenvalue weighted by atomic mass is 9.99. The first-order valence-corrected chi connectivity index (χ1v) is 7.18. The number of carbonyl (C=O) groups excluding carboxylic acids is 4. The third-order valence-electron chi connectivity index (χ3n) is 3.68. The molecule has 2 atom stereocenters. The first-order chi connectivity index (χ1) is 10.9. The molecule has 1 heterocycles. The number of nitrogens with zero attached hydrogens (tertiary/aromatic N) is 1. The molecule has 1 aromatic rings. The zero-order chi connectivity index (χ0) is 17.0. The van der Waals surface area contributed by atoms with Crippen LogP contribution in [0.2, 0.25) is 0 Å². The van der Waals surface area contributed by atoms with Gasteiger partial charge in [0.25, 0.3) is 5.91 Å². The summed E-state index contributed by atoms with van der Waals surface area (Å²) in [6, 6.07) is 7.16. The molecule has 7 heteroatoms. The van der Waals surface area contributed by atoms with E-state index in [0.717, 1.165) is 10.5 Å². The Morgan fingerprint density at radius 1 is 1.22 bits per heavy atom. The van der Waals surface area contributed by atoms with Crippen molar-refractivity contribution in [3.63, 3.8) is 0 Å². The molecule has 2 unspecified atom stereocenters. The maximum atomic E-state index is 12.5. The summed E-state index contributed by atoms with van der Waals surface area (Å²) >= 11 is 0. The minimum Gasteiger partial charge on any atom is -0.469 e. The van der Waals surface area contributed by atoms with Crippen LogP contribution in [0.25, 0.3) is 0 Å². The lowest BCUT2D eigenvalue weighted by Gasteiger charge is -2.36. The summed E-state index contributed by atoms with van der Waals surface area (Å²) in [6.07, 6.45) is -0.0775. The van der Waals surface area contributed by atoms with Crippen LogP contribution in [0.4, 0.5) is 0 Å². The van der Waals surface area contributed by atoms with Crippen LogP contribution in [0.1, 0.15) is 18.9 Å². The average molecular weight is 318 g/mol. The third-order valence-corrected chi connectivity index (χ3v) is 3.68. The molecular formula is C16H18N2O5. The minimum atomic E-state index is -1.17. The first-order valence-electron chi connectivity index (χ1n) is 7.18. The van der Waals surface area contributed by atoms with Crippen molar-refractivity contribution in [1.82, 2.24) is 10.2 Å². The van der Waals surface area contributed by atoms with E-state index in [2.05, 4.69) is 10.1 Å².